The van der Waals surface area contributed by atoms with Crippen LogP contribution in [-0.4, -0.2) is 28.8 Å². The molecule has 3 heteroatoms. The van der Waals surface area contributed by atoms with Crippen molar-refractivity contribution in [2.24, 2.45) is 0 Å². The highest BCUT2D eigenvalue weighted by Gasteiger charge is 2.16. The second kappa shape index (κ2) is 7.93. The van der Waals surface area contributed by atoms with Gasteiger partial charge in [-0.05, 0) is 38.4 Å². The molecule has 0 aliphatic rings. The number of benzene rings is 1. The average Bonchev–Trinajstić information content (AvgIpc) is 2.37. The van der Waals surface area contributed by atoms with Crippen molar-refractivity contribution in [2.75, 3.05) is 12.3 Å². The van der Waals surface area contributed by atoms with E-state index in [0.29, 0.717) is 6.04 Å². The number of aliphatic hydroxyl groups is 1. The van der Waals surface area contributed by atoms with Crippen LogP contribution >= 0.6 is 11.8 Å². The molecule has 0 spiro atoms. The van der Waals surface area contributed by atoms with Crippen LogP contribution in [0.25, 0.3) is 0 Å². The van der Waals surface area contributed by atoms with Crippen LogP contribution in [0.5, 0.6) is 0 Å². The lowest BCUT2D eigenvalue weighted by molar-refractivity contribution is 0.196. The van der Waals surface area contributed by atoms with E-state index in [9.17, 15) is 5.11 Å². The van der Waals surface area contributed by atoms with Gasteiger partial charge in [0.25, 0.3) is 0 Å². The fraction of sp³-hybridized carbons (Fsp3) is 0.625. The molecule has 19 heavy (non-hydrogen) atoms. The first-order valence-corrected chi connectivity index (χ1v) is 8.10. The second-order valence-corrected chi connectivity index (χ2v) is 6.66. The summed E-state index contributed by atoms with van der Waals surface area (Å²) in [6, 6.07) is 6.98. The normalized spacial score (nSPS) is 16.1. The molecular weight excluding hydrogens is 254 g/mol. The Morgan fingerprint density at radius 2 is 1.95 bits per heavy atom. The summed E-state index contributed by atoms with van der Waals surface area (Å²) in [6.07, 6.45) is -0.258. The number of hydrogen-bond acceptors (Lipinski definition) is 3. The molecule has 0 bridgehead atoms. The lowest BCUT2D eigenvalue weighted by Gasteiger charge is -2.23. The molecule has 0 aromatic heterocycles. The number of aryl methyl sites for hydroxylation is 2. The van der Waals surface area contributed by atoms with E-state index >= 15 is 0 Å². The van der Waals surface area contributed by atoms with Gasteiger partial charge in [-0.15, -0.1) is 0 Å². The minimum Gasteiger partial charge on any atom is -0.392 e. The standard InChI is InChI=1S/C16H27NOS/c1-6-17-16(10-19-14(5)13(4)18)15-9-11(2)7-8-12(15)3/h7-9,13-14,16-18H,6,10H2,1-5H3. The predicted octanol–water partition coefficient (Wildman–Crippen LogP) is 3.46. The molecule has 108 valence electrons. The van der Waals surface area contributed by atoms with Crippen LogP contribution < -0.4 is 5.32 Å². The van der Waals surface area contributed by atoms with Crippen molar-refractivity contribution >= 4 is 11.8 Å². The van der Waals surface area contributed by atoms with Crippen molar-refractivity contribution in [1.29, 1.82) is 0 Å². The number of aliphatic hydroxyl groups excluding tert-OH is 1. The van der Waals surface area contributed by atoms with Crippen LogP contribution in [0.1, 0.15) is 43.5 Å². The van der Waals surface area contributed by atoms with Gasteiger partial charge < -0.3 is 10.4 Å². The molecule has 0 fully saturated rings. The van der Waals surface area contributed by atoms with E-state index < -0.39 is 0 Å². The highest BCUT2D eigenvalue weighted by Crippen LogP contribution is 2.25. The highest BCUT2D eigenvalue weighted by atomic mass is 32.2. The van der Waals surface area contributed by atoms with Crippen LogP contribution in [-0.2, 0) is 0 Å². The van der Waals surface area contributed by atoms with Gasteiger partial charge in [-0.3, -0.25) is 0 Å². The lowest BCUT2D eigenvalue weighted by atomic mass is 10.00. The van der Waals surface area contributed by atoms with Gasteiger partial charge in [0.15, 0.2) is 0 Å². The van der Waals surface area contributed by atoms with Crippen LogP contribution in [0.3, 0.4) is 0 Å². The Balaban J connectivity index is 2.79. The molecule has 3 unspecified atom stereocenters. The van der Waals surface area contributed by atoms with Gasteiger partial charge in [-0.2, -0.15) is 11.8 Å². The zero-order valence-corrected chi connectivity index (χ0v) is 13.6. The second-order valence-electron chi connectivity index (χ2n) is 5.25. The SMILES string of the molecule is CCNC(CSC(C)C(C)O)c1cc(C)ccc1C. The van der Waals surface area contributed by atoms with Crippen LogP contribution in [0.15, 0.2) is 18.2 Å². The smallest absolute Gasteiger partial charge is 0.0628 e. The maximum atomic E-state index is 9.59. The molecule has 2 nitrogen and oxygen atoms in total. The molecule has 1 aromatic rings. The summed E-state index contributed by atoms with van der Waals surface area (Å²) in [5.74, 6) is 0.990. The van der Waals surface area contributed by atoms with Gasteiger partial charge in [0.1, 0.15) is 0 Å². The fourth-order valence-corrected chi connectivity index (χ4v) is 3.10. The predicted molar refractivity (Wildman–Crippen MR) is 85.9 cm³/mol. The summed E-state index contributed by atoms with van der Waals surface area (Å²) in [6.45, 7) is 11.3. The first kappa shape index (κ1) is 16.5. The molecule has 1 rings (SSSR count). The summed E-state index contributed by atoms with van der Waals surface area (Å²) in [5.41, 5.74) is 4.02. The number of hydrogen-bond donors (Lipinski definition) is 2. The maximum absolute atomic E-state index is 9.59. The largest absolute Gasteiger partial charge is 0.392 e. The molecule has 0 aliphatic heterocycles. The van der Waals surface area contributed by atoms with Gasteiger partial charge in [0.2, 0.25) is 0 Å². The van der Waals surface area contributed by atoms with Gasteiger partial charge >= 0.3 is 0 Å². The van der Waals surface area contributed by atoms with Crippen molar-refractivity contribution in [3.05, 3.63) is 34.9 Å². The first-order chi connectivity index (χ1) is 8.95. The Morgan fingerprint density at radius 3 is 2.53 bits per heavy atom. The van der Waals surface area contributed by atoms with E-state index in [1.165, 1.54) is 16.7 Å². The summed E-state index contributed by atoms with van der Waals surface area (Å²) >= 11 is 1.83. The minimum atomic E-state index is -0.258. The molecule has 0 saturated heterocycles. The summed E-state index contributed by atoms with van der Waals surface area (Å²) in [5, 5.41) is 13.4. The zero-order chi connectivity index (χ0) is 14.4. The molecule has 3 atom stereocenters. The molecular formula is C16H27NOS. The summed E-state index contributed by atoms with van der Waals surface area (Å²) < 4.78 is 0. The van der Waals surface area contributed by atoms with Crippen molar-refractivity contribution in [3.8, 4) is 0 Å². The summed E-state index contributed by atoms with van der Waals surface area (Å²) in [7, 11) is 0. The third-order valence-corrected chi connectivity index (χ3v) is 4.91. The molecule has 0 radical (unpaired) electrons. The lowest BCUT2D eigenvalue weighted by Crippen LogP contribution is -2.26. The van der Waals surface area contributed by atoms with E-state index in [1.807, 2.05) is 18.7 Å². The Hall–Kier alpha value is -0.510. The monoisotopic (exact) mass is 281 g/mol. The van der Waals surface area contributed by atoms with Crippen LogP contribution in [0, 0.1) is 13.8 Å². The number of thioether (sulfide) groups is 1. The summed E-state index contributed by atoms with van der Waals surface area (Å²) in [4.78, 5) is 0. The Labute approximate surface area is 122 Å². The van der Waals surface area contributed by atoms with E-state index in [1.54, 1.807) is 0 Å². The third-order valence-electron chi connectivity index (χ3n) is 3.47. The van der Waals surface area contributed by atoms with Gasteiger partial charge in [0.05, 0.1) is 6.10 Å². The highest BCUT2D eigenvalue weighted by molar-refractivity contribution is 7.99. The molecule has 0 amide bonds. The van der Waals surface area contributed by atoms with E-state index in [4.69, 9.17) is 0 Å². The van der Waals surface area contributed by atoms with Crippen LogP contribution in [0.2, 0.25) is 0 Å². The van der Waals surface area contributed by atoms with Crippen molar-refractivity contribution in [1.82, 2.24) is 5.32 Å². The number of nitrogens with one attached hydrogen (secondary N) is 1. The molecule has 2 N–H and O–H groups in total. The van der Waals surface area contributed by atoms with E-state index in [0.717, 1.165) is 12.3 Å². The molecule has 0 saturated carbocycles. The third kappa shape index (κ3) is 5.17. The Morgan fingerprint density at radius 1 is 1.26 bits per heavy atom. The van der Waals surface area contributed by atoms with E-state index in [2.05, 4.69) is 51.2 Å². The van der Waals surface area contributed by atoms with Gasteiger partial charge in [-0.1, -0.05) is 37.6 Å². The maximum Gasteiger partial charge on any atom is 0.0628 e. The quantitative estimate of drug-likeness (QED) is 0.803. The Bertz CT molecular complexity index is 392. The molecule has 0 heterocycles. The van der Waals surface area contributed by atoms with Crippen molar-refractivity contribution < 1.29 is 5.11 Å². The van der Waals surface area contributed by atoms with Crippen LogP contribution in [0.4, 0.5) is 0 Å². The first-order valence-electron chi connectivity index (χ1n) is 7.05. The van der Waals surface area contributed by atoms with Crippen molar-refractivity contribution in [3.63, 3.8) is 0 Å². The minimum absolute atomic E-state index is 0.258. The fourth-order valence-electron chi connectivity index (χ4n) is 2.03. The molecule has 1 aromatic carbocycles. The average molecular weight is 281 g/mol. The topological polar surface area (TPSA) is 32.3 Å². The zero-order valence-electron chi connectivity index (χ0n) is 12.7. The number of rotatable bonds is 7. The molecule has 0 aliphatic carbocycles. The van der Waals surface area contributed by atoms with E-state index in [-0.39, 0.29) is 11.4 Å². The van der Waals surface area contributed by atoms with Gasteiger partial charge in [-0.25, -0.2) is 0 Å². The van der Waals surface area contributed by atoms with Gasteiger partial charge in [0, 0.05) is 17.0 Å². The van der Waals surface area contributed by atoms with Crippen molar-refractivity contribution in [2.45, 2.75) is 52.0 Å². The Kier molecular flexibility index (Phi) is 6.90.